The molecule has 1 saturated carbocycles. The molecule has 3 aliphatic heterocycles. The third-order valence-electron chi connectivity index (χ3n) is 9.33. The van der Waals surface area contributed by atoms with Crippen LogP contribution in [0.3, 0.4) is 0 Å². The number of carboxylic acid groups (broad SMARTS) is 1. The molecule has 256 valence electrons. The van der Waals surface area contributed by atoms with Crippen molar-refractivity contribution in [2.24, 2.45) is 17.8 Å². The van der Waals surface area contributed by atoms with Crippen molar-refractivity contribution < 1.29 is 74.1 Å². The monoisotopic (exact) mass is 638 g/mol. The molecule has 15 heteroatoms. The number of aliphatic hydroxyl groups is 7. The fourth-order valence-corrected chi connectivity index (χ4v) is 6.07. The SMILES string of the molecule is CC[C@H](C)[C@H](C[C@H](O)CC(=O)O)OC(=O)C[C@@H](O)C[C@H](O[C@@H]1O[C@H]2C(CO)[C@]1(O[C@@H]1OC[C@H](O)[C@@H](O)[C@H]1O)[C@H]2O)[C@@H](C)CC. The minimum Gasteiger partial charge on any atom is -0.481 e. The predicted octanol–water partition coefficient (Wildman–Crippen LogP) is -1.36. The van der Waals surface area contributed by atoms with E-state index in [0.29, 0.717) is 12.8 Å². The number of aliphatic hydroxyl groups excluding tert-OH is 7. The molecule has 0 aromatic carbocycles. The average Bonchev–Trinajstić information content (AvgIpc) is 3.42. The standard InChI is InChI=1S/C29H50O15/c1-5-13(3)19(7-15(31)9-21(34)35)41-22(36)10-16(32)8-20(14(4)6-2)42-28-29(17(11-30)25(43-28)26(29)39)44-27-24(38)23(37)18(33)12-40-27/h13-20,23-28,30-33,37-39H,5-12H2,1-4H3,(H,34,35)/t13-,14-,15-,16-,17?,18-,19-,20-,23+,24+,25-,26-,27-,28+,29-/m0/s1. The van der Waals surface area contributed by atoms with E-state index in [2.05, 4.69) is 0 Å². The van der Waals surface area contributed by atoms with E-state index in [1.165, 1.54) is 0 Å². The maximum atomic E-state index is 12.8. The number of hydrogen-bond acceptors (Lipinski definition) is 14. The molecule has 44 heavy (non-hydrogen) atoms. The summed E-state index contributed by atoms with van der Waals surface area (Å²) in [5.41, 5.74) is -1.69. The van der Waals surface area contributed by atoms with Crippen molar-refractivity contribution in [1.82, 2.24) is 0 Å². The van der Waals surface area contributed by atoms with Crippen molar-refractivity contribution in [3.63, 3.8) is 0 Å². The molecular formula is C29H50O15. The van der Waals surface area contributed by atoms with Crippen molar-refractivity contribution >= 4 is 11.9 Å². The quantitative estimate of drug-likeness (QED) is 0.0809. The lowest BCUT2D eigenvalue weighted by Gasteiger charge is -2.51. The summed E-state index contributed by atoms with van der Waals surface area (Å²) in [4.78, 5) is 23.7. The van der Waals surface area contributed by atoms with Crippen LogP contribution in [0.15, 0.2) is 0 Å². The second-order valence-electron chi connectivity index (χ2n) is 12.4. The molecule has 4 fully saturated rings. The maximum Gasteiger partial charge on any atom is 0.308 e. The number of carboxylic acids is 1. The molecule has 2 bridgehead atoms. The van der Waals surface area contributed by atoms with Gasteiger partial charge in [-0.1, -0.05) is 40.5 Å². The first-order chi connectivity index (χ1) is 20.7. The highest BCUT2D eigenvalue weighted by Gasteiger charge is 2.76. The number of ether oxygens (including phenoxy) is 5. The summed E-state index contributed by atoms with van der Waals surface area (Å²) in [5.74, 6) is -3.02. The van der Waals surface area contributed by atoms with E-state index in [9.17, 15) is 45.3 Å². The highest BCUT2D eigenvalue weighted by molar-refractivity contribution is 5.70. The van der Waals surface area contributed by atoms with Gasteiger partial charge in [0.2, 0.25) is 0 Å². The van der Waals surface area contributed by atoms with Crippen LogP contribution in [0.5, 0.6) is 0 Å². The molecular weight excluding hydrogens is 588 g/mol. The Morgan fingerprint density at radius 2 is 1.52 bits per heavy atom. The number of hydrogen-bond donors (Lipinski definition) is 8. The van der Waals surface area contributed by atoms with E-state index in [1.807, 2.05) is 27.7 Å². The molecule has 3 heterocycles. The van der Waals surface area contributed by atoms with Crippen molar-refractivity contribution in [2.75, 3.05) is 13.2 Å². The molecule has 0 aromatic rings. The zero-order chi connectivity index (χ0) is 32.9. The number of carbonyl (C=O) groups is 2. The fourth-order valence-electron chi connectivity index (χ4n) is 6.07. The van der Waals surface area contributed by atoms with Gasteiger partial charge in [-0.05, 0) is 11.8 Å². The Balaban J connectivity index is 1.68. The summed E-state index contributed by atoms with van der Waals surface area (Å²) < 4.78 is 29.0. The number of aliphatic carboxylic acids is 1. The minimum absolute atomic E-state index is 0.0479. The van der Waals surface area contributed by atoms with Crippen LogP contribution < -0.4 is 0 Å². The summed E-state index contributed by atoms with van der Waals surface area (Å²) in [5, 5.41) is 81.2. The van der Waals surface area contributed by atoms with Crippen LogP contribution in [-0.2, 0) is 33.3 Å². The molecule has 0 radical (unpaired) electrons. The summed E-state index contributed by atoms with van der Waals surface area (Å²) >= 11 is 0. The Morgan fingerprint density at radius 1 is 0.932 bits per heavy atom. The van der Waals surface area contributed by atoms with Gasteiger partial charge in [-0.2, -0.15) is 0 Å². The molecule has 0 spiro atoms. The highest BCUT2D eigenvalue weighted by atomic mass is 16.8. The van der Waals surface area contributed by atoms with Crippen LogP contribution in [0.25, 0.3) is 0 Å². The van der Waals surface area contributed by atoms with Gasteiger partial charge in [0.05, 0.1) is 50.5 Å². The van der Waals surface area contributed by atoms with Crippen LogP contribution in [0.1, 0.15) is 66.2 Å². The molecule has 3 saturated heterocycles. The van der Waals surface area contributed by atoms with Crippen LogP contribution in [0.2, 0.25) is 0 Å². The molecule has 0 aromatic heterocycles. The van der Waals surface area contributed by atoms with Gasteiger partial charge < -0.3 is 64.5 Å². The predicted molar refractivity (Wildman–Crippen MR) is 149 cm³/mol. The third kappa shape index (κ3) is 8.07. The van der Waals surface area contributed by atoms with Crippen LogP contribution >= 0.6 is 0 Å². The van der Waals surface area contributed by atoms with E-state index in [-0.39, 0.29) is 31.3 Å². The normalized spacial score (nSPS) is 37.3. The molecule has 8 N–H and O–H groups in total. The topological polar surface area (TPSA) is 242 Å². The van der Waals surface area contributed by atoms with Gasteiger partial charge in [0.15, 0.2) is 18.2 Å². The summed E-state index contributed by atoms with van der Waals surface area (Å²) in [6.07, 6.45) is -13.2. The van der Waals surface area contributed by atoms with Gasteiger partial charge in [0.25, 0.3) is 0 Å². The molecule has 15 atom stereocenters. The first-order valence-corrected chi connectivity index (χ1v) is 15.4. The summed E-state index contributed by atoms with van der Waals surface area (Å²) in [6, 6.07) is 0. The molecule has 15 nitrogen and oxygen atoms in total. The summed E-state index contributed by atoms with van der Waals surface area (Å²) in [7, 11) is 0. The Bertz CT molecular complexity index is 936. The van der Waals surface area contributed by atoms with E-state index < -0.39 is 110 Å². The van der Waals surface area contributed by atoms with Crippen LogP contribution in [0, 0.1) is 17.8 Å². The van der Waals surface area contributed by atoms with Gasteiger partial charge in [-0.15, -0.1) is 0 Å². The molecule has 0 amide bonds. The number of fused-ring (bicyclic) bond motifs is 1. The largest absolute Gasteiger partial charge is 0.481 e. The number of carbonyl (C=O) groups excluding carboxylic acids is 1. The second-order valence-corrected chi connectivity index (χ2v) is 12.4. The fraction of sp³-hybridized carbons (Fsp3) is 0.931. The first kappa shape index (κ1) is 37.0. The van der Waals surface area contributed by atoms with E-state index in [1.54, 1.807) is 0 Å². The Hall–Kier alpha value is -1.50. The molecule has 4 aliphatic rings. The lowest BCUT2D eigenvalue weighted by Crippen LogP contribution is -2.71. The minimum atomic E-state index is -1.69. The van der Waals surface area contributed by atoms with E-state index >= 15 is 0 Å². The van der Waals surface area contributed by atoms with Gasteiger partial charge >= 0.3 is 11.9 Å². The van der Waals surface area contributed by atoms with Crippen molar-refractivity contribution in [3.8, 4) is 0 Å². The highest BCUT2D eigenvalue weighted by Crippen LogP contribution is 2.56. The maximum absolute atomic E-state index is 12.8. The molecule has 1 unspecified atom stereocenters. The molecule has 4 rings (SSSR count). The Morgan fingerprint density at radius 3 is 2.11 bits per heavy atom. The smallest absolute Gasteiger partial charge is 0.308 e. The van der Waals surface area contributed by atoms with Crippen LogP contribution in [0.4, 0.5) is 0 Å². The first-order valence-electron chi connectivity index (χ1n) is 15.4. The lowest BCUT2D eigenvalue weighted by atomic mass is 9.66. The van der Waals surface area contributed by atoms with Crippen LogP contribution in [-0.4, -0.2) is 139 Å². The van der Waals surface area contributed by atoms with E-state index in [4.69, 9.17) is 28.8 Å². The van der Waals surface area contributed by atoms with Crippen molar-refractivity contribution in [1.29, 1.82) is 0 Å². The average molecular weight is 639 g/mol. The zero-order valence-electron chi connectivity index (χ0n) is 25.7. The van der Waals surface area contributed by atoms with Gasteiger partial charge in [-0.25, -0.2) is 0 Å². The van der Waals surface area contributed by atoms with E-state index in [0.717, 1.165) is 0 Å². The van der Waals surface area contributed by atoms with Crippen molar-refractivity contribution in [2.45, 2.75) is 139 Å². The third-order valence-corrected chi connectivity index (χ3v) is 9.33. The Labute approximate surface area is 256 Å². The number of esters is 1. The second kappa shape index (κ2) is 15.9. The Kier molecular flexibility index (Phi) is 13.3. The lowest BCUT2D eigenvalue weighted by molar-refractivity contribution is -0.354. The van der Waals surface area contributed by atoms with Crippen molar-refractivity contribution in [3.05, 3.63) is 0 Å². The van der Waals surface area contributed by atoms with Gasteiger partial charge in [0.1, 0.15) is 30.5 Å². The summed E-state index contributed by atoms with van der Waals surface area (Å²) in [6.45, 7) is 6.63. The van der Waals surface area contributed by atoms with Gasteiger partial charge in [-0.3, -0.25) is 9.59 Å². The molecule has 1 aliphatic carbocycles. The zero-order valence-corrected chi connectivity index (χ0v) is 25.7. The van der Waals surface area contributed by atoms with Gasteiger partial charge in [0, 0.05) is 18.8 Å². The number of rotatable bonds is 18.